The molecule has 0 radical (unpaired) electrons. The predicted molar refractivity (Wildman–Crippen MR) is 139 cm³/mol. The van der Waals surface area contributed by atoms with E-state index in [2.05, 4.69) is 70.3 Å². The lowest BCUT2D eigenvalue weighted by Gasteiger charge is -2.34. The normalized spacial score (nSPS) is 14.8. The van der Waals surface area contributed by atoms with Gasteiger partial charge in [-0.3, -0.25) is 4.79 Å². The van der Waals surface area contributed by atoms with Gasteiger partial charge in [-0.2, -0.15) is 0 Å². The first kappa shape index (κ1) is 23.0. The summed E-state index contributed by atoms with van der Waals surface area (Å²) in [4.78, 5) is 19.9. The molecule has 0 saturated carbocycles. The van der Waals surface area contributed by atoms with E-state index >= 15 is 0 Å². The van der Waals surface area contributed by atoms with Gasteiger partial charge in [0.2, 0.25) is 0 Å². The molecule has 0 bridgehead atoms. The van der Waals surface area contributed by atoms with Crippen molar-refractivity contribution in [2.75, 3.05) is 52.2 Å². The molecule has 1 heterocycles. The van der Waals surface area contributed by atoms with Crippen LogP contribution in [-0.4, -0.2) is 62.9 Å². The van der Waals surface area contributed by atoms with Gasteiger partial charge in [-0.15, -0.1) is 0 Å². The van der Waals surface area contributed by atoms with E-state index in [0.29, 0.717) is 0 Å². The Labute approximate surface area is 197 Å². The van der Waals surface area contributed by atoms with Crippen LogP contribution in [0.2, 0.25) is 0 Å². The highest BCUT2D eigenvalue weighted by atomic mass is 16.1. The van der Waals surface area contributed by atoms with Crippen LogP contribution in [0.25, 0.3) is 17.2 Å². The second kappa shape index (κ2) is 10.6. The number of nitrogens with zero attached hydrogens (tertiary/aromatic N) is 3. The lowest BCUT2D eigenvalue weighted by Crippen LogP contribution is -2.44. The average Bonchev–Trinajstić information content (AvgIpc) is 2.83. The van der Waals surface area contributed by atoms with Crippen LogP contribution < -0.4 is 4.90 Å². The molecule has 0 amide bonds. The number of carbonyl (C=O) groups excluding carboxylic acids is 1. The van der Waals surface area contributed by atoms with E-state index in [0.717, 1.165) is 60.5 Å². The molecule has 0 N–H and O–H groups in total. The van der Waals surface area contributed by atoms with Crippen LogP contribution in [0.5, 0.6) is 0 Å². The molecule has 3 aromatic rings. The van der Waals surface area contributed by atoms with Crippen molar-refractivity contribution in [2.24, 2.45) is 0 Å². The Balaban J connectivity index is 1.63. The molecule has 1 aliphatic heterocycles. The number of ketones is 1. The molecule has 4 heteroatoms. The van der Waals surface area contributed by atoms with Crippen LogP contribution in [0, 0.1) is 0 Å². The van der Waals surface area contributed by atoms with Crippen molar-refractivity contribution in [3.63, 3.8) is 0 Å². The van der Waals surface area contributed by atoms with Crippen molar-refractivity contribution in [3.8, 4) is 11.1 Å². The standard InChI is InChI=1S/C29H33N3O/c1-30(2)22-23-8-7-11-26(20-23)29(33)15-12-25-21-27(32-18-16-31(3)17-19-32)13-14-28(25)24-9-5-4-6-10-24/h4-15,20-21H,16-19,22H2,1-3H3/b15-12+. The van der Waals surface area contributed by atoms with Crippen LogP contribution in [0.4, 0.5) is 5.69 Å². The smallest absolute Gasteiger partial charge is 0.185 e. The van der Waals surface area contributed by atoms with E-state index in [9.17, 15) is 4.79 Å². The summed E-state index contributed by atoms with van der Waals surface area (Å²) in [7, 11) is 6.24. The van der Waals surface area contributed by atoms with Crippen molar-refractivity contribution in [2.45, 2.75) is 6.54 Å². The van der Waals surface area contributed by atoms with Crippen molar-refractivity contribution in [1.82, 2.24) is 9.80 Å². The zero-order valence-electron chi connectivity index (χ0n) is 19.9. The van der Waals surface area contributed by atoms with Gasteiger partial charge in [0.1, 0.15) is 0 Å². The Morgan fingerprint density at radius 3 is 2.39 bits per heavy atom. The van der Waals surface area contributed by atoms with Crippen LogP contribution >= 0.6 is 0 Å². The highest BCUT2D eigenvalue weighted by Crippen LogP contribution is 2.29. The molecule has 1 aliphatic rings. The van der Waals surface area contributed by atoms with Crippen molar-refractivity contribution >= 4 is 17.5 Å². The number of piperazine rings is 1. The van der Waals surface area contributed by atoms with Gasteiger partial charge >= 0.3 is 0 Å². The van der Waals surface area contributed by atoms with Gasteiger partial charge in [-0.1, -0.05) is 60.7 Å². The number of carbonyl (C=O) groups is 1. The maximum Gasteiger partial charge on any atom is 0.185 e. The second-order valence-electron chi connectivity index (χ2n) is 9.06. The maximum atomic E-state index is 13.0. The third-order valence-corrected chi connectivity index (χ3v) is 6.11. The quantitative estimate of drug-likeness (QED) is 0.380. The molecule has 0 atom stereocenters. The minimum Gasteiger partial charge on any atom is -0.369 e. The van der Waals surface area contributed by atoms with E-state index in [4.69, 9.17) is 0 Å². The van der Waals surface area contributed by atoms with Gasteiger partial charge < -0.3 is 14.7 Å². The molecule has 170 valence electrons. The fourth-order valence-electron chi connectivity index (χ4n) is 4.28. The lowest BCUT2D eigenvalue weighted by molar-refractivity contribution is 0.104. The van der Waals surface area contributed by atoms with Crippen LogP contribution in [0.3, 0.4) is 0 Å². The zero-order chi connectivity index (χ0) is 23.2. The number of allylic oxidation sites excluding steroid dienone is 1. The van der Waals surface area contributed by atoms with E-state index < -0.39 is 0 Å². The largest absolute Gasteiger partial charge is 0.369 e. The van der Waals surface area contributed by atoms with Gasteiger partial charge in [-0.05, 0) is 67.7 Å². The summed E-state index contributed by atoms with van der Waals surface area (Å²) in [5, 5.41) is 0. The first-order valence-corrected chi connectivity index (χ1v) is 11.6. The summed E-state index contributed by atoms with van der Waals surface area (Å²) in [6, 6.07) is 24.9. The van der Waals surface area contributed by atoms with Crippen molar-refractivity contribution < 1.29 is 4.79 Å². The van der Waals surface area contributed by atoms with Crippen LogP contribution in [-0.2, 0) is 6.54 Å². The van der Waals surface area contributed by atoms with Crippen molar-refractivity contribution in [3.05, 3.63) is 95.6 Å². The first-order chi connectivity index (χ1) is 16.0. The number of hydrogen-bond acceptors (Lipinski definition) is 4. The Bertz CT molecular complexity index is 1110. The highest BCUT2D eigenvalue weighted by Gasteiger charge is 2.15. The number of likely N-dealkylation sites (N-methyl/N-ethyl adjacent to an activating group) is 1. The number of rotatable bonds is 7. The monoisotopic (exact) mass is 439 g/mol. The van der Waals surface area contributed by atoms with Gasteiger partial charge in [0, 0.05) is 44.0 Å². The number of benzene rings is 3. The van der Waals surface area contributed by atoms with Crippen molar-refractivity contribution in [1.29, 1.82) is 0 Å². The van der Waals surface area contributed by atoms with E-state index in [1.165, 1.54) is 5.69 Å². The van der Waals surface area contributed by atoms with E-state index in [-0.39, 0.29) is 5.78 Å². The molecule has 1 saturated heterocycles. The number of hydrogen-bond donors (Lipinski definition) is 0. The molecular weight excluding hydrogens is 406 g/mol. The third-order valence-electron chi connectivity index (χ3n) is 6.11. The van der Waals surface area contributed by atoms with Crippen LogP contribution in [0.1, 0.15) is 21.5 Å². The topological polar surface area (TPSA) is 26.8 Å². The predicted octanol–water partition coefficient (Wildman–Crippen LogP) is 5.06. The van der Waals surface area contributed by atoms with E-state index in [1.54, 1.807) is 6.08 Å². The zero-order valence-corrected chi connectivity index (χ0v) is 19.9. The van der Waals surface area contributed by atoms with Gasteiger partial charge in [-0.25, -0.2) is 0 Å². The van der Waals surface area contributed by atoms with Crippen LogP contribution in [0.15, 0.2) is 78.9 Å². The van der Waals surface area contributed by atoms with E-state index in [1.807, 2.05) is 44.4 Å². The maximum absolute atomic E-state index is 13.0. The Morgan fingerprint density at radius 1 is 0.909 bits per heavy atom. The molecule has 4 nitrogen and oxygen atoms in total. The summed E-state index contributed by atoms with van der Waals surface area (Å²) in [5.74, 6) is 0.0274. The second-order valence-corrected chi connectivity index (χ2v) is 9.06. The molecular formula is C29H33N3O. The molecule has 0 unspecified atom stereocenters. The summed E-state index contributed by atoms with van der Waals surface area (Å²) in [6.45, 7) is 4.97. The molecule has 0 aromatic heterocycles. The molecule has 0 spiro atoms. The first-order valence-electron chi connectivity index (χ1n) is 11.6. The fourth-order valence-corrected chi connectivity index (χ4v) is 4.28. The molecule has 4 rings (SSSR count). The van der Waals surface area contributed by atoms with Gasteiger partial charge in [0.25, 0.3) is 0 Å². The Kier molecular flexibility index (Phi) is 7.38. The highest BCUT2D eigenvalue weighted by molar-refractivity contribution is 6.07. The fraction of sp³-hybridized carbons (Fsp3) is 0.276. The SMILES string of the molecule is CN(C)Cc1cccc(C(=O)/C=C/c2cc(N3CCN(C)CC3)ccc2-c2ccccc2)c1. The molecule has 33 heavy (non-hydrogen) atoms. The summed E-state index contributed by atoms with van der Waals surface area (Å²) in [5.41, 5.74) is 6.43. The lowest BCUT2D eigenvalue weighted by atomic mass is 9.97. The Morgan fingerprint density at radius 2 is 1.67 bits per heavy atom. The summed E-state index contributed by atoms with van der Waals surface area (Å²) in [6.07, 6.45) is 3.69. The Hall–Kier alpha value is -3.21. The molecule has 0 aliphatic carbocycles. The van der Waals surface area contributed by atoms with Gasteiger partial charge in [0.05, 0.1) is 0 Å². The molecule has 3 aromatic carbocycles. The minimum atomic E-state index is 0.0274. The summed E-state index contributed by atoms with van der Waals surface area (Å²) < 4.78 is 0. The molecule has 1 fully saturated rings. The minimum absolute atomic E-state index is 0.0274. The summed E-state index contributed by atoms with van der Waals surface area (Å²) >= 11 is 0. The number of anilines is 1. The average molecular weight is 440 g/mol. The third kappa shape index (κ3) is 5.98. The van der Waals surface area contributed by atoms with Gasteiger partial charge in [0.15, 0.2) is 5.78 Å².